The molecule has 3 heterocycles. The van der Waals surface area contributed by atoms with Gasteiger partial charge in [0.2, 0.25) is 0 Å². The third kappa shape index (κ3) is 3.29. The number of carbonyl (C=O) groups excluding carboxylic acids is 1. The van der Waals surface area contributed by atoms with Gasteiger partial charge < -0.3 is 4.74 Å². The van der Waals surface area contributed by atoms with E-state index in [1.54, 1.807) is 22.7 Å². The van der Waals surface area contributed by atoms with Gasteiger partial charge in [0.25, 0.3) is 0 Å². The quantitative estimate of drug-likeness (QED) is 0.597. The molecule has 0 aliphatic carbocycles. The zero-order valence-electron chi connectivity index (χ0n) is 12.3. The van der Waals surface area contributed by atoms with E-state index in [-0.39, 0.29) is 12.6 Å². The van der Waals surface area contributed by atoms with Crippen molar-refractivity contribution in [2.75, 3.05) is 0 Å². The molecule has 6 heteroatoms. The van der Waals surface area contributed by atoms with Crippen molar-refractivity contribution >= 4 is 40.0 Å². The Balaban J connectivity index is 1.63. The molecular weight excluding hydrogens is 334 g/mol. The maximum atomic E-state index is 12.1. The second-order valence-corrected chi connectivity index (χ2v) is 7.58. The van der Waals surface area contributed by atoms with Crippen molar-refractivity contribution in [3.63, 3.8) is 0 Å². The highest BCUT2D eigenvalue weighted by Crippen LogP contribution is 2.27. The van der Waals surface area contributed by atoms with Gasteiger partial charge in [0.05, 0.1) is 5.69 Å². The van der Waals surface area contributed by atoms with Crippen LogP contribution in [0.5, 0.6) is 0 Å². The SMILES string of the molecule is CCc1sc(C(=O)OCc2csc(-c3ccsc3)n2)cc1C. The van der Waals surface area contributed by atoms with Crippen LogP contribution in [0.25, 0.3) is 10.6 Å². The second kappa shape index (κ2) is 6.73. The molecule has 0 bridgehead atoms. The van der Waals surface area contributed by atoms with Gasteiger partial charge in [0.15, 0.2) is 0 Å². The number of thiazole rings is 1. The van der Waals surface area contributed by atoms with E-state index in [0.29, 0.717) is 4.88 Å². The molecule has 0 unspecified atom stereocenters. The fourth-order valence-electron chi connectivity index (χ4n) is 2.07. The minimum absolute atomic E-state index is 0.220. The van der Waals surface area contributed by atoms with Crippen molar-refractivity contribution in [3.8, 4) is 10.6 Å². The van der Waals surface area contributed by atoms with E-state index in [1.807, 2.05) is 29.8 Å². The molecule has 0 saturated heterocycles. The minimum atomic E-state index is -0.266. The molecule has 0 aliphatic rings. The summed E-state index contributed by atoms with van der Waals surface area (Å²) in [6.45, 7) is 4.34. The molecule has 3 rings (SSSR count). The molecular formula is C16H15NO2S3. The van der Waals surface area contributed by atoms with E-state index in [2.05, 4.69) is 17.3 Å². The van der Waals surface area contributed by atoms with Gasteiger partial charge in [-0.2, -0.15) is 11.3 Å². The van der Waals surface area contributed by atoms with Crippen LogP contribution in [0.4, 0.5) is 0 Å². The molecule has 0 aliphatic heterocycles. The van der Waals surface area contributed by atoms with Crippen LogP contribution in [0.1, 0.15) is 32.7 Å². The molecule has 0 amide bonds. The van der Waals surface area contributed by atoms with Gasteiger partial charge in [-0.1, -0.05) is 6.92 Å². The Bertz CT molecular complexity index is 771. The summed E-state index contributed by atoms with van der Waals surface area (Å²) in [5.41, 5.74) is 3.07. The van der Waals surface area contributed by atoms with E-state index in [1.165, 1.54) is 16.2 Å². The Morgan fingerprint density at radius 3 is 2.91 bits per heavy atom. The molecule has 22 heavy (non-hydrogen) atoms. The maximum Gasteiger partial charge on any atom is 0.348 e. The number of nitrogens with zero attached hydrogens (tertiary/aromatic N) is 1. The fourth-order valence-corrected chi connectivity index (χ4v) is 4.60. The third-order valence-electron chi connectivity index (χ3n) is 3.21. The van der Waals surface area contributed by atoms with E-state index < -0.39 is 0 Å². The first kappa shape index (κ1) is 15.4. The molecule has 0 spiro atoms. The van der Waals surface area contributed by atoms with Crippen molar-refractivity contribution in [1.82, 2.24) is 4.98 Å². The summed E-state index contributed by atoms with van der Waals surface area (Å²) < 4.78 is 5.38. The summed E-state index contributed by atoms with van der Waals surface area (Å²) in [5.74, 6) is -0.266. The lowest BCUT2D eigenvalue weighted by atomic mass is 10.2. The number of aromatic nitrogens is 1. The Morgan fingerprint density at radius 1 is 1.36 bits per heavy atom. The summed E-state index contributed by atoms with van der Waals surface area (Å²) in [5, 5.41) is 7.00. The first-order valence-electron chi connectivity index (χ1n) is 6.90. The van der Waals surface area contributed by atoms with Crippen molar-refractivity contribution in [2.45, 2.75) is 26.9 Å². The summed E-state index contributed by atoms with van der Waals surface area (Å²) in [7, 11) is 0. The number of aryl methyl sites for hydroxylation is 2. The largest absolute Gasteiger partial charge is 0.455 e. The summed E-state index contributed by atoms with van der Waals surface area (Å²) >= 11 is 4.73. The molecule has 0 saturated carbocycles. The predicted octanol–water partition coefficient (Wildman–Crippen LogP) is 5.16. The average molecular weight is 350 g/mol. The first-order chi connectivity index (χ1) is 10.7. The van der Waals surface area contributed by atoms with Crippen molar-refractivity contribution in [3.05, 3.63) is 49.3 Å². The smallest absolute Gasteiger partial charge is 0.348 e. The highest BCUT2D eigenvalue weighted by Gasteiger charge is 2.14. The number of esters is 1. The number of hydrogen-bond donors (Lipinski definition) is 0. The lowest BCUT2D eigenvalue weighted by Crippen LogP contribution is -2.03. The van der Waals surface area contributed by atoms with Gasteiger partial charge in [-0.05, 0) is 36.4 Å². The van der Waals surface area contributed by atoms with Crippen LogP contribution in [0.3, 0.4) is 0 Å². The molecule has 3 aromatic rings. The molecule has 0 radical (unpaired) electrons. The zero-order chi connectivity index (χ0) is 15.5. The molecule has 0 N–H and O–H groups in total. The number of ether oxygens (including phenoxy) is 1. The average Bonchev–Trinajstić information content (AvgIpc) is 3.24. The van der Waals surface area contributed by atoms with Gasteiger partial charge in [-0.15, -0.1) is 22.7 Å². The van der Waals surface area contributed by atoms with Crippen LogP contribution >= 0.6 is 34.0 Å². The number of thiophene rings is 2. The summed E-state index contributed by atoms with van der Waals surface area (Å²) in [6.07, 6.45) is 0.944. The summed E-state index contributed by atoms with van der Waals surface area (Å²) in [6, 6.07) is 3.95. The normalized spacial score (nSPS) is 10.8. The minimum Gasteiger partial charge on any atom is -0.455 e. The maximum absolute atomic E-state index is 12.1. The van der Waals surface area contributed by atoms with Crippen molar-refractivity contribution in [1.29, 1.82) is 0 Å². The zero-order valence-corrected chi connectivity index (χ0v) is 14.7. The van der Waals surface area contributed by atoms with E-state index in [4.69, 9.17) is 4.74 Å². The number of hydrogen-bond acceptors (Lipinski definition) is 6. The van der Waals surface area contributed by atoms with Crippen LogP contribution in [0, 0.1) is 6.92 Å². The first-order valence-corrected chi connectivity index (χ1v) is 9.54. The molecule has 0 fully saturated rings. The monoisotopic (exact) mass is 349 g/mol. The lowest BCUT2D eigenvalue weighted by Gasteiger charge is -2.00. The number of rotatable bonds is 5. The van der Waals surface area contributed by atoms with E-state index in [0.717, 1.165) is 28.2 Å². The van der Waals surface area contributed by atoms with Crippen molar-refractivity contribution < 1.29 is 9.53 Å². The van der Waals surface area contributed by atoms with Gasteiger partial charge in [0, 0.05) is 21.2 Å². The second-order valence-electron chi connectivity index (χ2n) is 4.80. The van der Waals surface area contributed by atoms with Crippen LogP contribution in [0.2, 0.25) is 0 Å². The fraction of sp³-hybridized carbons (Fsp3) is 0.250. The van der Waals surface area contributed by atoms with E-state index >= 15 is 0 Å². The van der Waals surface area contributed by atoms with Crippen molar-refractivity contribution in [2.24, 2.45) is 0 Å². The van der Waals surface area contributed by atoms with Gasteiger partial charge in [0.1, 0.15) is 16.5 Å². The highest BCUT2D eigenvalue weighted by molar-refractivity contribution is 7.14. The van der Waals surface area contributed by atoms with Gasteiger partial charge in [-0.3, -0.25) is 0 Å². The van der Waals surface area contributed by atoms with Gasteiger partial charge in [-0.25, -0.2) is 9.78 Å². The Kier molecular flexibility index (Phi) is 4.71. The molecule has 3 aromatic heterocycles. The summed E-state index contributed by atoms with van der Waals surface area (Å²) in [4.78, 5) is 18.5. The van der Waals surface area contributed by atoms with Crippen LogP contribution in [-0.2, 0) is 17.8 Å². The van der Waals surface area contributed by atoms with Crippen LogP contribution in [0.15, 0.2) is 28.3 Å². The lowest BCUT2D eigenvalue weighted by molar-refractivity contribution is 0.0474. The van der Waals surface area contributed by atoms with Crippen LogP contribution < -0.4 is 0 Å². The third-order valence-corrected chi connectivity index (χ3v) is 6.20. The molecule has 114 valence electrons. The Morgan fingerprint density at radius 2 is 2.23 bits per heavy atom. The van der Waals surface area contributed by atoms with E-state index in [9.17, 15) is 4.79 Å². The molecule has 0 aromatic carbocycles. The Labute approximate surface area is 141 Å². The molecule has 0 atom stereocenters. The number of carbonyl (C=O) groups is 1. The Hall–Kier alpha value is -1.50. The highest BCUT2D eigenvalue weighted by atomic mass is 32.1. The predicted molar refractivity (Wildman–Crippen MR) is 93.0 cm³/mol. The van der Waals surface area contributed by atoms with Crippen LogP contribution in [-0.4, -0.2) is 11.0 Å². The standard InChI is InChI=1S/C16H15NO2S3/c1-3-13-10(2)6-14(22-13)16(18)19-7-12-9-21-15(17-12)11-4-5-20-8-11/h4-6,8-9H,3,7H2,1-2H3. The molecule has 3 nitrogen and oxygen atoms in total. The topological polar surface area (TPSA) is 39.2 Å². The van der Waals surface area contributed by atoms with Gasteiger partial charge >= 0.3 is 5.97 Å².